The lowest BCUT2D eigenvalue weighted by Gasteiger charge is -2.31. The smallest absolute Gasteiger partial charge is 0.257 e. The van der Waals surface area contributed by atoms with E-state index in [0.29, 0.717) is 25.2 Å². The number of benzene rings is 1. The molecule has 0 unspecified atom stereocenters. The molecular weight excluding hydrogens is 368 g/mol. The number of carbonyl (C=O) groups is 2. The minimum Gasteiger partial charge on any atom is -0.369 e. The molecule has 1 aromatic heterocycles. The van der Waals surface area contributed by atoms with Gasteiger partial charge in [-0.3, -0.25) is 14.7 Å². The van der Waals surface area contributed by atoms with E-state index in [-0.39, 0.29) is 42.4 Å². The molecule has 0 spiro atoms. The Hall–Kier alpha value is -2.67. The largest absolute Gasteiger partial charge is 0.369 e. The molecule has 2 amide bonds. The summed E-state index contributed by atoms with van der Waals surface area (Å²) in [7, 11) is 0. The predicted octanol–water partition coefficient (Wildman–Crippen LogP) is 2.41. The van der Waals surface area contributed by atoms with Crippen LogP contribution in [0.15, 0.2) is 36.7 Å². The van der Waals surface area contributed by atoms with Crippen LogP contribution < -0.4 is 0 Å². The Bertz CT molecular complexity index is 880. The van der Waals surface area contributed by atoms with E-state index in [1.807, 2.05) is 35.8 Å². The highest BCUT2D eigenvalue weighted by Crippen LogP contribution is 2.46. The Kier molecular flexibility index (Phi) is 5.41. The van der Waals surface area contributed by atoms with Gasteiger partial charge in [-0.25, -0.2) is 0 Å². The van der Waals surface area contributed by atoms with Gasteiger partial charge in [0.1, 0.15) is 6.61 Å². The van der Waals surface area contributed by atoms with Crippen molar-refractivity contribution < 1.29 is 14.3 Å². The maximum atomic E-state index is 13.0. The fraction of sp³-hybridized carbons (Fsp3) is 0.500. The van der Waals surface area contributed by atoms with Gasteiger partial charge in [0.2, 0.25) is 5.91 Å². The van der Waals surface area contributed by atoms with Gasteiger partial charge >= 0.3 is 0 Å². The van der Waals surface area contributed by atoms with E-state index in [0.717, 1.165) is 5.56 Å². The van der Waals surface area contributed by atoms with Crippen molar-refractivity contribution in [3.63, 3.8) is 0 Å². The Balaban J connectivity index is 1.58. The fourth-order valence-electron chi connectivity index (χ4n) is 4.66. The van der Waals surface area contributed by atoms with Crippen LogP contribution >= 0.6 is 0 Å². The number of ether oxygens (including phenoxy) is 1. The van der Waals surface area contributed by atoms with E-state index in [2.05, 4.69) is 29.3 Å². The van der Waals surface area contributed by atoms with Gasteiger partial charge < -0.3 is 14.5 Å². The molecule has 29 heavy (non-hydrogen) atoms. The summed E-state index contributed by atoms with van der Waals surface area (Å²) in [4.78, 5) is 29.7. The van der Waals surface area contributed by atoms with Crippen molar-refractivity contribution in [2.75, 3.05) is 26.2 Å². The number of rotatable bonds is 5. The van der Waals surface area contributed by atoms with Crippen LogP contribution in [0.3, 0.4) is 0 Å². The molecule has 3 heterocycles. The molecule has 2 aliphatic heterocycles. The monoisotopic (exact) mass is 396 g/mol. The molecule has 1 N–H and O–H groups in total. The number of amides is 2. The zero-order chi connectivity index (χ0) is 20.5. The molecule has 2 saturated heterocycles. The Morgan fingerprint density at radius 2 is 2.03 bits per heavy atom. The number of likely N-dealkylation sites (tertiary alicyclic amines) is 2. The van der Waals surface area contributed by atoms with Gasteiger partial charge in [-0.2, -0.15) is 5.10 Å². The van der Waals surface area contributed by atoms with Crippen molar-refractivity contribution >= 4 is 11.8 Å². The topological polar surface area (TPSA) is 78.5 Å². The summed E-state index contributed by atoms with van der Waals surface area (Å²) < 4.78 is 5.59. The van der Waals surface area contributed by atoms with Gasteiger partial charge in [-0.1, -0.05) is 24.3 Å². The zero-order valence-electron chi connectivity index (χ0n) is 17.2. The number of aromatic nitrogens is 2. The Morgan fingerprint density at radius 1 is 1.24 bits per heavy atom. The highest BCUT2D eigenvalue weighted by Gasteiger charge is 2.50. The number of aryl methyl sites for hydroxylation is 1. The first kappa shape index (κ1) is 19.6. The van der Waals surface area contributed by atoms with Crippen molar-refractivity contribution in [2.45, 2.75) is 32.9 Å². The highest BCUT2D eigenvalue weighted by atomic mass is 16.5. The molecule has 0 saturated carbocycles. The highest BCUT2D eigenvalue weighted by molar-refractivity contribution is 5.94. The fourth-order valence-corrected chi connectivity index (χ4v) is 4.66. The Morgan fingerprint density at radius 3 is 2.72 bits per heavy atom. The average molecular weight is 396 g/mol. The second-order valence-corrected chi connectivity index (χ2v) is 8.33. The Labute approximate surface area is 171 Å². The number of nitrogens with one attached hydrogen (secondary N) is 1. The lowest BCUT2D eigenvalue weighted by atomic mass is 9.87. The van der Waals surface area contributed by atoms with Gasteiger partial charge in [0.15, 0.2) is 0 Å². The molecular formula is C22H28N4O3. The summed E-state index contributed by atoms with van der Waals surface area (Å²) in [6.07, 6.45) is 3.21. The van der Waals surface area contributed by atoms with Gasteiger partial charge in [0.05, 0.1) is 23.9 Å². The second-order valence-electron chi connectivity index (χ2n) is 8.33. The molecule has 3 atom stereocenters. The predicted molar refractivity (Wildman–Crippen MR) is 108 cm³/mol. The first-order valence-corrected chi connectivity index (χ1v) is 10.2. The number of carbonyl (C=O) groups excluding carboxylic acids is 2. The summed E-state index contributed by atoms with van der Waals surface area (Å²) in [5.74, 6) is 0.500. The van der Waals surface area contributed by atoms with Crippen molar-refractivity contribution in [2.24, 2.45) is 11.8 Å². The summed E-state index contributed by atoms with van der Waals surface area (Å²) in [5.41, 5.74) is 2.91. The molecule has 0 aliphatic carbocycles. The third kappa shape index (κ3) is 3.79. The van der Waals surface area contributed by atoms with Crippen LogP contribution in [-0.4, -0.2) is 64.2 Å². The van der Waals surface area contributed by atoms with Crippen LogP contribution in [0.2, 0.25) is 0 Å². The van der Waals surface area contributed by atoms with Crippen molar-refractivity contribution in [1.82, 2.24) is 20.0 Å². The first-order valence-electron chi connectivity index (χ1n) is 10.2. The van der Waals surface area contributed by atoms with Crippen molar-refractivity contribution in [1.29, 1.82) is 0 Å². The zero-order valence-corrected chi connectivity index (χ0v) is 17.2. The van der Waals surface area contributed by atoms with Gasteiger partial charge in [0.25, 0.3) is 5.91 Å². The molecule has 2 aliphatic rings. The van der Waals surface area contributed by atoms with Crippen LogP contribution in [0.4, 0.5) is 0 Å². The molecule has 0 radical (unpaired) electrons. The van der Waals surface area contributed by atoms with Crippen LogP contribution in [0.1, 0.15) is 41.4 Å². The van der Waals surface area contributed by atoms with Crippen LogP contribution in [-0.2, 0) is 9.53 Å². The summed E-state index contributed by atoms with van der Waals surface area (Å²) in [6.45, 7) is 8.00. The molecule has 7 heteroatoms. The number of H-pyrrole nitrogens is 1. The third-order valence-electron chi connectivity index (χ3n) is 6.06. The molecule has 7 nitrogen and oxygen atoms in total. The van der Waals surface area contributed by atoms with Crippen molar-refractivity contribution in [3.05, 3.63) is 53.3 Å². The lowest BCUT2D eigenvalue weighted by Crippen LogP contribution is -2.39. The number of aromatic amines is 1. The van der Waals surface area contributed by atoms with Crippen LogP contribution in [0, 0.1) is 18.8 Å². The maximum absolute atomic E-state index is 13.0. The van der Waals surface area contributed by atoms with Crippen molar-refractivity contribution in [3.8, 4) is 0 Å². The van der Waals surface area contributed by atoms with E-state index in [1.165, 1.54) is 5.56 Å². The van der Waals surface area contributed by atoms with E-state index in [9.17, 15) is 9.59 Å². The van der Waals surface area contributed by atoms with Gasteiger partial charge in [-0.15, -0.1) is 0 Å². The van der Waals surface area contributed by atoms with Crippen LogP contribution in [0.25, 0.3) is 0 Å². The average Bonchev–Trinajstić information content (AvgIpc) is 3.42. The normalized spacial score (nSPS) is 23.7. The van der Waals surface area contributed by atoms with E-state index >= 15 is 0 Å². The third-order valence-corrected chi connectivity index (χ3v) is 6.06. The summed E-state index contributed by atoms with van der Waals surface area (Å²) in [5, 5.41) is 6.60. The van der Waals surface area contributed by atoms with Crippen LogP contribution in [0.5, 0.6) is 0 Å². The number of hydrogen-bond donors (Lipinski definition) is 1. The quantitative estimate of drug-likeness (QED) is 0.842. The van der Waals surface area contributed by atoms with E-state index in [4.69, 9.17) is 4.74 Å². The molecule has 1 aromatic carbocycles. The first-order chi connectivity index (χ1) is 14.0. The minimum atomic E-state index is -0.0355. The second kappa shape index (κ2) is 7.99. The molecule has 2 aromatic rings. The SMILES string of the molecule is Cc1ccccc1[C@@H]1[C@H]2CN(C(=O)c3cn[nH]c3)C[C@H]2CN1C(=O)COC(C)C. The number of nitrogens with zero attached hydrogens (tertiary/aromatic N) is 3. The number of hydrogen-bond acceptors (Lipinski definition) is 4. The summed E-state index contributed by atoms with van der Waals surface area (Å²) >= 11 is 0. The minimum absolute atomic E-state index is 0.00213. The molecule has 154 valence electrons. The molecule has 2 fully saturated rings. The van der Waals surface area contributed by atoms with Gasteiger partial charge in [0, 0.05) is 37.7 Å². The lowest BCUT2D eigenvalue weighted by molar-refractivity contribution is -0.139. The van der Waals surface area contributed by atoms with Gasteiger partial charge in [-0.05, 0) is 31.9 Å². The standard InChI is InChI=1S/C22H28N4O3/c1-14(2)29-13-20(27)26-11-17-10-25(22(28)16-8-23-24-9-16)12-19(17)21(26)18-7-5-4-6-15(18)3/h4-9,14,17,19,21H,10-13H2,1-3H3,(H,23,24)/t17-,19-,21+/m0/s1. The molecule has 0 bridgehead atoms. The summed E-state index contributed by atoms with van der Waals surface area (Å²) in [6, 6.07) is 8.19. The molecule has 4 rings (SSSR count). The maximum Gasteiger partial charge on any atom is 0.257 e. The number of fused-ring (bicyclic) bond motifs is 1. The van der Waals surface area contributed by atoms with E-state index < -0.39 is 0 Å². The van der Waals surface area contributed by atoms with E-state index in [1.54, 1.807) is 12.4 Å².